The van der Waals surface area contributed by atoms with Gasteiger partial charge in [0, 0.05) is 31.7 Å². The van der Waals surface area contributed by atoms with E-state index in [2.05, 4.69) is 34.2 Å². The molecule has 0 atom stereocenters. The fourth-order valence-corrected chi connectivity index (χ4v) is 1.68. The average Bonchev–Trinajstić information content (AvgIpc) is 2.35. The first kappa shape index (κ1) is 15.7. The maximum Gasteiger partial charge on any atom is 0.133 e. The second-order valence-electron chi connectivity index (χ2n) is 5.70. The van der Waals surface area contributed by atoms with Crippen molar-refractivity contribution in [2.75, 3.05) is 30.4 Å². The number of anilines is 2. The van der Waals surface area contributed by atoms with E-state index in [9.17, 15) is 0 Å². The van der Waals surface area contributed by atoms with Gasteiger partial charge in [-0.15, -0.1) is 0 Å². The van der Waals surface area contributed by atoms with Crippen LogP contribution in [0, 0.1) is 0 Å². The first-order valence-corrected chi connectivity index (χ1v) is 6.98. The first-order valence-electron chi connectivity index (χ1n) is 6.98. The number of nitrogens with zero attached hydrogens (tertiary/aromatic N) is 3. The van der Waals surface area contributed by atoms with Gasteiger partial charge in [-0.2, -0.15) is 0 Å². The topological polar surface area (TPSA) is 67.1 Å². The number of nitrogens with one attached hydrogen (secondary N) is 1. The predicted molar refractivity (Wildman–Crippen MR) is 81.6 cm³/mol. The number of nitrogens with two attached hydrogens (primary N) is 1. The molecule has 0 saturated heterocycles. The molecule has 0 aliphatic carbocycles. The van der Waals surface area contributed by atoms with Crippen LogP contribution >= 0.6 is 0 Å². The highest BCUT2D eigenvalue weighted by Crippen LogP contribution is 2.13. The zero-order valence-corrected chi connectivity index (χ0v) is 12.6. The van der Waals surface area contributed by atoms with E-state index in [0.717, 1.165) is 31.1 Å². The lowest BCUT2D eigenvalue weighted by Gasteiger charge is -2.20. The van der Waals surface area contributed by atoms with Gasteiger partial charge >= 0.3 is 0 Å². The largest absolute Gasteiger partial charge is 0.370 e. The van der Waals surface area contributed by atoms with Crippen molar-refractivity contribution in [3.8, 4) is 0 Å². The SMILES string of the molecule is CCCCN(C)c1cc(NCCC(C)(C)N)ncn1. The van der Waals surface area contributed by atoms with Crippen LogP contribution in [0.3, 0.4) is 0 Å². The third-order valence-electron chi connectivity index (χ3n) is 2.97. The quantitative estimate of drug-likeness (QED) is 0.754. The standard InChI is InChI=1S/C14H27N5/c1-5-6-9-19(4)13-10-12(17-11-18-13)16-8-7-14(2,3)15/h10-11H,5-9,15H2,1-4H3,(H,16,17,18). The minimum absolute atomic E-state index is 0.152. The number of hydrogen-bond acceptors (Lipinski definition) is 5. The van der Waals surface area contributed by atoms with Gasteiger partial charge in [-0.3, -0.25) is 0 Å². The molecular formula is C14H27N5. The molecule has 1 rings (SSSR count). The van der Waals surface area contributed by atoms with Gasteiger partial charge in [0.1, 0.15) is 18.0 Å². The summed E-state index contributed by atoms with van der Waals surface area (Å²) in [5.41, 5.74) is 5.80. The lowest BCUT2D eigenvalue weighted by molar-refractivity contribution is 0.490. The summed E-state index contributed by atoms with van der Waals surface area (Å²) >= 11 is 0. The summed E-state index contributed by atoms with van der Waals surface area (Å²) in [7, 11) is 2.06. The van der Waals surface area contributed by atoms with Crippen molar-refractivity contribution >= 4 is 11.6 Å². The van der Waals surface area contributed by atoms with E-state index >= 15 is 0 Å². The van der Waals surface area contributed by atoms with Crippen LogP contribution in [-0.4, -0.2) is 35.6 Å². The Morgan fingerprint density at radius 2 is 2.11 bits per heavy atom. The van der Waals surface area contributed by atoms with E-state index in [0.29, 0.717) is 0 Å². The van der Waals surface area contributed by atoms with E-state index in [-0.39, 0.29) is 5.54 Å². The van der Waals surface area contributed by atoms with Gasteiger partial charge in [-0.25, -0.2) is 9.97 Å². The Hall–Kier alpha value is -1.36. The summed E-state index contributed by atoms with van der Waals surface area (Å²) in [5, 5.41) is 3.29. The molecular weight excluding hydrogens is 238 g/mol. The molecule has 0 amide bonds. The Morgan fingerprint density at radius 1 is 1.37 bits per heavy atom. The van der Waals surface area contributed by atoms with E-state index in [4.69, 9.17) is 5.73 Å². The molecule has 1 aromatic heterocycles. The highest BCUT2D eigenvalue weighted by atomic mass is 15.2. The fraction of sp³-hybridized carbons (Fsp3) is 0.714. The van der Waals surface area contributed by atoms with E-state index in [1.807, 2.05) is 19.9 Å². The van der Waals surface area contributed by atoms with E-state index < -0.39 is 0 Å². The van der Waals surface area contributed by atoms with Gasteiger partial charge < -0.3 is 16.0 Å². The van der Waals surface area contributed by atoms with Gasteiger partial charge in [0.15, 0.2) is 0 Å². The molecule has 1 aromatic rings. The highest BCUT2D eigenvalue weighted by molar-refractivity contribution is 5.47. The monoisotopic (exact) mass is 265 g/mol. The maximum absolute atomic E-state index is 5.95. The molecule has 5 nitrogen and oxygen atoms in total. The number of hydrogen-bond donors (Lipinski definition) is 2. The van der Waals surface area contributed by atoms with Crippen LogP contribution < -0.4 is 16.0 Å². The zero-order chi connectivity index (χ0) is 14.3. The molecule has 0 bridgehead atoms. The maximum atomic E-state index is 5.95. The summed E-state index contributed by atoms with van der Waals surface area (Å²) < 4.78 is 0. The molecule has 19 heavy (non-hydrogen) atoms. The third kappa shape index (κ3) is 6.38. The number of aromatic nitrogens is 2. The minimum atomic E-state index is -0.152. The molecule has 0 saturated carbocycles. The lowest BCUT2D eigenvalue weighted by Crippen LogP contribution is -2.34. The Morgan fingerprint density at radius 3 is 2.74 bits per heavy atom. The predicted octanol–water partition coefficient (Wildman–Crippen LogP) is 2.25. The van der Waals surface area contributed by atoms with Crippen LogP contribution in [0.5, 0.6) is 0 Å². The van der Waals surface area contributed by atoms with Gasteiger partial charge in [0.25, 0.3) is 0 Å². The average molecular weight is 265 g/mol. The molecule has 108 valence electrons. The molecule has 3 N–H and O–H groups in total. The van der Waals surface area contributed by atoms with Crippen molar-refractivity contribution < 1.29 is 0 Å². The van der Waals surface area contributed by atoms with Gasteiger partial charge in [0.05, 0.1) is 0 Å². The molecule has 0 unspecified atom stereocenters. The van der Waals surface area contributed by atoms with Crippen molar-refractivity contribution in [1.29, 1.82) is 0 Å². The lowest BCUT2D eigenvalue weighted by atomic mass is 10.0. The Bertz CT molecular complexity index is 372. The van der Waals surface area contributed by atoms with Crippen LogP contribution in [-0.2, 0) is 0 Å². The first-order chi connectivity index (χ1) is 8.92. The fourth-order valence-electron chi connectivity index (χ4n) is 1.68. The van der Waals surface area contributed by atoms with Crippen LogP contribution in [0.2, 0.25) is 0 Å². The van der Waals surface area contributed by atoms with E-state index in [1.54, 1.807) is 6.33 Å². The Kier molecular flexibility index (Phi) is 6.02. The second kappa shape index (κ2) is 7.28. The third-order valence-corrected chi connectivity index (χ3v) is 2.97. The van der Waals surface area contributed by atoms with Crippen molar-refractivity contribution in [3.63, 3.8) is 0 Å². The second-order valence-corrected chi connectivity index (χ2v) is 5.70. The summed E-state index contributed by atoms with van der Waals surface area (Å²) in [5.74, 6) is 1.82. The van der Waals surface area contributed by atoms with Crippen molar-refractivity contribution in [2.45, 2.75) is 45.6 Å². The molecule has 0 aliphatic rings. The number of unbranched alkanes of at least 4 members (excludes halogenated alkanes) is 1. The van der Waals surface area contributed by atoms with Crippen LogP contribution in [0.25, 0.3) is 0 Å². The van der Waals surface area contributed by atoms with Crippen LogP contribution in [0.4, 0.5) is 11.6 Å². The highest BCUT2D eigenvalue weighted by Gasteiger charge is 2.10. The van der Waals surface area contributed by atoms with E-state index in [1.165, 1.54) is 12.8 Å². The normalized spacial score (nSPS) is 11.4. The summed E-state index contributed by atoms with van der Waals surface area (Å²) in [4.78, 5) is 10.7. The molecule has 0 aromatic carbocycles. The Labute approximate surface area is 116 Å². The van der Waals surface area contributed by atoms with Crippen molar-refractivity contribution in [2.24, 2.45) is 5.73 Å². The van der Waals surface area contributed by atoms with Gasteiger partial charge in [-0.05, 0) is 26.7 Å². The zero-order valence-electron chi connectivity index (χ0n) is 12.6. The molecule has 5 heteroatoms. The van der Waals surface area contributed by atoms with Gasteiger partial charge in [-0.1, -0.05) is 13.3 Å². The summed E-state index contributed by atoms with van der Waals surface area (Å²) in [6.07, 6.45) is 4.86. The van der Waals surface area contributed by atoms with Crippen molar-refractivity contribution in [3.05, 3.63) is 12.4 Å². The molecule has 0 spiro atoms. The number of rotatable bonds is 8. The van der Waals surface area contributed by atoms with Crippen LogP contribution in [0.1, 0.15) is 40.0 Å². The minimum Gasteiger partial charge on any atom is -0.370 e. The summed E-state index contributed by atoms with van der Waals surface area (Å²) in [6, 6.07) is 1.99. The molecule has 0 aliphatic heterocycles. The van der Waals surface area contributed by atoms with Crippen LogP contribution in [0.15, 0.2) is 12.4 Å². The Balaban J connectivity index is 2.52. The molecule has 0 radical (unpaired) electrons. The van der Waals surface area contributed by atoms with Crippen molar-refractivity contribution in [1.82, 2.24) is 9.97 Å². The molecule has 1 heterocycles. The smallest absolute Gasteiger partial charge is 0.133 e. The molecule has 0 fully saturated rings. The summed E-state index contributed by atoms with van der Waals surface area (Å²) in [6.45, 7) is 8.08. The van der Waals surface area contributed by atoms with Gasteiger partial charge in [0.2, 0.25) is 0 Å².